The fraction of sp³-hybridized carbons (Fsp3) is 0.273. The molecule has 0 radical (unpaired) electrons. The summed E-state index contributed by atoms with van der Waals surface area (Å²) in [6.07, 6.45) is 5.14. The average molecular weight is 361 g/mol. The highest BCUT2D eigenvalue weighted by atomic mass is 16.5. The minimum Gasteiger partial charge on any atom is -0.493 e. The number of rotatable bonds is 4. The first kappa shape index (κ1) is 16.1. The summed E-state index contributed by atoms with van der Waals surface area (Å²) in [5.41, 5.74) is 0.603. The van der Waals surface area contributed by atoms with Gasteiger partial charge in [0.2, 0.25) is 11.8 Å². The molecular weight excluding hydrogens is 342 g/mol. The minimum absolute atomic E-state index is 0.0692. The number of hydrogen-bond donors (Lipinski definition) is 0. The monoisotopic (exact) mass is 361 g/mol. The van der Waals surface area contributed by atoms with E-state index in [1.807, 2.05) is 24.3 Å². The van der Waals surface area contributed by atoms with Gasteiger partial charge in [0.15, 0.2) is 11.5 Å². The highest BCUT2D eigenvalue weighted by Gasteiger charge is 2.59. The van der Waals surface area contributed by atoms with Crippen LogP contribution >= 0.6 is 0 Å². The quantitative estimate of drug-likeness (QED) is 0.614. The number of anilines is 1. The van der Waals surface area contributed by atoms with Crippen molar-refractivity contribution in [2.75, 3.05) is 12.0 Å². The van der Waals surface area contributed by atoms with E-state index in [0.29, 0.717) is 22.9 Å². The molecule has 5 rings (SSSR count). The minimum atomic E-state index is -0.183. The number of benzene rings is 2. The molecule has 2 amide bonds. The Kier molecular flexibility index (Phi) is 3.57. The van der Waals surface area contributed by atoms with Crippen molar-refractivity contribution in [1.29, 1.82) is 0 Å². The molecule has 2 aromatic rings. The molecule has 2 aromatic carbocycles. The molecule has 2 bridgehead atoms. The van der Waals surface area contributed by atoms with Crippen LogP contribution in [0.5, 0.6) is 17.2 Å². The Bertz CT molecular complexity index is 919. The SMILES string of the molecule is COc1ccccc1Oc1ccc(N2C(=O)[C@@H]3[C@H](C2=O)[C@@H]2C=C[C@H]3C2)cc1. The number of fused-ring (bicyclic) bond motifs is 5. The van der Waals surface area contributed by atoms with E-state index in [4.69, 9.17) is 9.47 Å². The lowest BCUT2D eigenvalue weighted by Crippen LogP contribution is -2.32. The van der Waals surface area contributed by atoms with Crippen LogP contribution in [0.25, 0.3) is 0 Å². The van der Waals surface area contributed by atoms with Gasteiger partial charge in [0.25, 0.3) is 0 Å². The molecule has 2 fully saturated rings. The Morgan fingerprint density at radius 1 is 0.852 bits per heavy atom. The number of imide groups is 1. The number of allylic oxidation sites excluding steroid dienone is 2. The molecule has 0 spiro atoms. The summed E-state index contributed by atoms with van der Waals surface area (Å²) in [5.74, 6) is 1.79. The van der Waals surface area contributed by atoms with Crippen LogP contribution in [0.4, 0.5) is 5.69 Å². The zero-order chi connectivity index (χ0) is 18.5. The Morgan fingerprint density at radius 2 is 1.44 bits per heavy atom. The van der Waals surface area contributed by atoms with Gasteiger partial charge in [-0.05, 0) is 54.7 Å². The Morgan fingerprint density at radius 3 is 2.04 bits per heavy atom. The van der Waals surface area contributed by atoms with Gasteiger partial charge >= 0.3 is 0 Å². The lowest BCUT2D eigenvalue weighted by Gasteiger charge is -2.18. The van der Waals surface area contributed by atoms with E-state index in [0.717, 1.165) is 6.42 Å². The van der Waals surface area contributed by atoms with Crippen LogP contribution < -0.4 is 14.4 Å². The van der Waals surface area contributed by atoms with Crippen LogP contribution in [0.15, 0.2) is 60.7 Å². The highest BCUT2D eigenvalue weighted by molar-refractivity contribution is 6.22. The largest absolute Gasteiger partial charge is 0.493 e. The van der Waals surface area contributed by atoms with Gasteiger partial charge in [-0.25, -0.2) is 0 Å². The van der Waals surface area contributed by atoms with Crippen molar-refractivity contribution in [3.05, 3.63) is 60.7 Å². The molecule has 4 atom stereocenters. The molecular formula is C22H19NO4. The van der Waals surface area contributed by atoms with Gasteiger partial charge in [-0.2, -0.15) is 0 Å². The molecule has 27 heavy (non-hydrogen) atoms. The second-order valence-corrected chi connectivity index (χ2v) is 7.26. The molecule has 136 valence electrons. The van der Waals surface area contributed by atoms with E-state index in [1.165, 1.54) is 4.90 Å². The summed E-state index contributed by atoms with van der Waals surface area (Å²) in [4.78, 5) is 27.1. The van der Waals surface area contributed by atoms with Crippen LogP contribution in [0, 0.1) is 23.7 Å². The van der Waals surface area contributed by atoms with Crippen molar-refractivity contribution in [2.45, 2.75) is 6.42 Å². The third kappa shape index (κ3) is 2.38. The van der Waals surface area contributed by atoms with Gasteiger partial charge in [-0.15, -0.1) is 0 Å². The molecule has 3 aliphatic rings. The number of nitrogens with zero attached hydrogens (tertiary/aromatic N) is 1. The molecule has 2 aliphatic carbocycles. The fourth-order valence-corrected chi connectivity index (χ4v) is 4.65. The molecule has 1 saturated carbocycles. The van der Waals surface area contributed by atoms with Crippen LogP contribution in [-0.4, -0.2) is 18.9 Å². The number of hydrogen-bond acceptors (Lipinski definition) is 4. The first-order valence-corrected chi connectivity index (χ1v) is 9.14. The predicted octanol–water partition coefficient (Wildman–Crippen LogP) is 3.80. The lowest BCUT2D eigenvalue weighted by molar-refractivity contribution is -0.123. The summed E-state index contributed by atoms with van der Waals surface area (Å²) < 4.78 is 11.2. The van der Waals surface area contributed by atoms with Gasteiger partial charge in [-0.1, -0.05) is 24.3 Å². The zero-order valence-electron chi connectivity index (χ0n) is 14.9. The lowest BCUT2D eigenvalue weighted by atomic mass is 9.85. The molecule has 0 unspecified atom stereocenters. The number of carbonyl (C=O) groups excluding carboxylic acids is 2. The molecule has 5 heteroatoms. The topological polar surface area (TPSA) is 55.8 Å². The maximum absolute atomic E-state index is 12.9. The van der Waals surface area contributed by atoms with Gasteiger partial charge < -0.3 is 9.47 Å². The van der Waals surface area contributed by atoms with Gasteiger partial charge in [-0.3, -0.25) is 14.5 Å². The van der Waals surface area contributed by atoms with Crippen molar-refractivity contribution in [1.82, 2.24) is 0 Å². The molecule has 0 N–H and O–H groups in total. The second-order valence-electron chi connectivity index (χ2n) is 7.26. The number of carbonyl (C=O) groups is 2. The number of amides is 2. The number of methoxy groups -OCH3 is 1. The van der Waals surface area contributed by atoms with Gasteiger partial charge in [0.1, 0.15) is 5.75 Å². The molecule has 1 saturated heterocycles. The first-order valence-electron chi connectivity index (χ1n) is 9.14. The highest BCUT2D eigenvalue weighted by Crippen LogP contribution is 2.53. The summed E-state index contributed by atoms with van der Waals surface area (Å²) in [5, 5.41) is 0. The molecule has 1 heterocycles. The maximum atomic E-state index is 12.9. The third-order valence-electron chi connectivity index (χ3n) is 5.86. The third-order valence-corrected chi connectivity index (χ3v) is 5.86. The van der Waals surface area contributed by atoms with Crippen LogP contribution in [-0.2, 0) is 9.59 Å². The zero-order valence-corrected chi connectivity index (χ0v) is 14.9. The summed E-state index contributed by atoms with van der Waals surface area (Å²) in [6.45, 7) is 0. The van der Waals surface area contributed by atoms with Crippen molar-refractivity contribution < 1.29 is 19.1 Å². The Labute approximate surface area is 157 Å². The predicted molar refractivity (Wildman–Crippen MR) is 99.7 cm³/mol. The van der Waals surface area contributed by atoms with Crippen LogP contribution in [0.3, 0.4) is 0 Å². The van der Waals surface area contributed by atoms with Crippen LogP contribution in [0.1, 0.15) is 6.42 Å². The summed E-state index contributed by atoms with van der Waals surface area (Å²) in [7, 11) is 1.59. The summed E-state index contributed by atoms with van der Waals surface area (Å²) in [6, 6.07) is 14.4. The van der Waals surface area contributed by atoms with Crippen molar-refractivity contribution in [3.63, 3.8) is 0 Å². The molecule has 5 nitrogen and oxygen atoms in total. The maximum Gasteiger partial charge on any atom is 0.238 e. The number of para-hydroxylation sites is 2. The fourth-order valence-electron chi connectivity index (χ4n) is 4.65. The first-order chi connectivity index (χ1) is 13.2. The van der Waals surface area contributed by atoms with Gasteiger partial charge in [0.05, 0.1) is 24.6 Å². The number of ether oxygens (including phenoxy) is 2. The van der Waals surface area contributed by atoms with Crippen molar-refractivity contribution in [2.24, 2.45) is 23.7 Å². The molecule has 1 aliphatic heterocycles. The normalized spacial score (nSPS) is 28.0. The van der Waals surface area contributed by atoms with Crippen LogP contribution in [0.2, 0.25) is 0 Å². The smallest absolute Gasteiger partial charge is 0.238 e. The van der Waals surface area contributed by atoms with E-state index in [2.05, 4.69) is 12.2 Å². The van der Waals surface area contributed by atoms with E-state index >= 15 is 0 Å². The van der Waals surface area contributed by atoms with E-state index < -0.39 is 0 Å². The Balaban J connectivity index is 1.38. The standard InChI is InChI=1S/C22H19NO4/c1-26-17-4-2-3-5-18(17)27-16-10-8-15(9-11-16)23-21(24)19-13-6-7-14(12-13)20(19)22(23)25/h2-11,13-14,19-20H,12H2,1H3/t13-,14+,19-,20+. The average Bonchev–Trinajstić information content (AvgIpc) is 3.37. The van der Waals surface area contributed by atoms with E-state index in [9.17, 15) is 9.59 Å². The van der Waals surface area contributed by atoms with Crippen molar-refractivity contribution >= 4 is 17.5 Å². The summed E-state index contributed by atoms with van der Waals surface area (Å²) >= 11 is 0. The molecule has 0 aromatic heterocycles. The second kappa shape index (κ2) is 5.98. The Hall–Kier alpha value is -3.08. The van der Waals surface area contributed by atoms with E-state index in [-0.39, 0.29) is 35.5 Å². The van der Waals surface area contributed by atoms with Gasteiger partial charge in [0, 0.05) is 0 Å². The van der Waals surface area contributed by atoms with Crippen molar-refractivity contribution in [3.8, 4) is 17.2 Å². The van der Waals surface area contributed by atoms with E-state index in [1.54, 1.807) is 31.4 Å².